The van der Waals surface area contributed by atoms with Crippen LogP contribution >= 0.6 is 0 Å². The minimum atomic E-state index is 0.0600. The Kier molecular flexibility index (Phi) is 4.77. The van der Waals surface area contributed by atoms with E-state index in [1.165, 1.54) is 5.56 Å². The van der Waals surface area contributed by atoms with Crippen LogP contribution < -0.4 is 0 Å². The molecule has 1 aliphatic heterocycles. The van der Waals surface area contributed by atoms with Crippen LogP contribution in [-0.4, -0.2) is 52.4 Å². The first-order chi connectivity index (χ1) is 10.8. The SMILES string of the molecule is Cc1ccccc1-c1ncc(CN2CCOC[C@@H]2CO)cn1. The van der Waals surface area contributed by atoms with Crippen LogP contribution in [0.25, 0.3) is 11.4 Å². The Bertz CT molecular complexity index is 616. The smallest absolute Gasteiger partial charge is 0.159 e. The molecule has 0 radical (unpaired) electrons. The van der Waals surface area contributed by atoms with Gasteiger partial charge in [0.1, 0.15) is 0 Å². The van der Waals surface area contributed by atoms with Crippen LogP contribution in [0.1, 0.15) is 11.1 Å². The van der Waals surface area contributed by atoms with Gasteiger partial charge in [-0.3, -0.25) is 4.90 Å². The predicted octanol–water partition coefficient (Wildman–Crippen LogP) is 1.65. The molecule has 1 aromatic carbocycles. The van der Waals surface area contributed by atoms with Gasteiger partial charge in [-0.25, -0.2) is 9.97 Å². The Hall–Kier alpha value is -1.82. The monoisotopic (exact) mass is 299 g/mol. The molecule has 5 nitrogen and oxygen atoms in total. The van der Waals surface area contributed by atoms with E-state index >= 15 is 0 Å². The highest BCUT2D eigenvalue weighted by atomic mass is 16.5. The number of hydrogen-bond donors (Lipinski definition) is 1. The molecule has 0 spiro atoms. The van der Waals surface area contributed by atoms with Crippen molar-refractivity contribution >= 4 is 0 Å². The Morgan fingerprint density at radius 3 is 2.77 bits per heavy atom. The van der Waals surface area contributed by atoms with Gasteiger partial charge in [-0.05, 0) is 12.5 Å². The maximum absolute atomic E-state index is 9.41. The average molecular weight is 299 g/mol. The first-order valence-electron chi connectivity index (χ1n) is 7.57. The zero-order chi connectivity index (χ0) is 15.4. The van der Waals surface area contributed by atoms with Gasteiger partial charge in [0.2, 0.25) is 0 Å². The largest absolute Gasteiger partial charge is 0.395 e. The molecule has 1 aliphatic rings. The third-order valence-electron chi connectivity index (χ3n) is 4.04. The lowest BCUT2D eigenvalue weighted by molar-refractivity contribution is -0.0313. The Balaban J connectivity index is 1.73. The molecule has 0 unspecified atom stereocenters. The summed E-state index contributed by atoms with van der Waals surface area (Å²) < 4.78 is 5.40. The summed E-state index contributed by atoms with van der Waals surface area (Å²) in [7, 11) is 0. The summed E-state index contributed by atoms with van der Waals surface area (Å²) in [5.74, 6) is 0.752. The number of nitrogens with zero attached hydrogens (tertiary/aromatic N) is 3. The first kappa shape index (κ1) is 15.1. The molecule has 1 saturated heterocycles. The normalized spacial score (nSPS) is 19.3. The lowest BCUT2D eigenvalue weighted by Gasteiger charge is -2.34. The standard InChI is InChI=1S/C17H21N3O2/c1-13-4-2-3-5-16(13)17-18-8-14(9-19-17)10-20-6-7-22-12-15(20)11-21/h2-5,8-9,15,21H,6-7,10-12H2,1H3/t15-/m0/s1. The molecule has 22 heavy (non-hydrogen) atoms. The molecule has 1 fully saturated rings. The molecular weight excluding hydrogens is 278 g/mol. The summed E-state index contributed by atoms with van der Waals surface area (Å²) in [6, 6.07) is 8.17. The Labute approximate surface area is 130 Å². The number of aromatic nitrogens is 2. The van der Waals surface area contributed by atoms with Gasteiger partial charge in [-0.1, -0.05) is 24.3 Å². The van der Waals surface area contributed by atoms with E-state index in [9.17, 15) is 5.11 Å². The zero-order valence-corrected chi connectivity index (χ0v) is 12.8. The van der Waals surface area contributed by atoms with E-state index in [4.69, 9.17) is 4.74 Å². The molecule has 0 aliphatic carbocycles. The van der Waals surface area contributed by atoms with E-state index in [2.05, 4.69) is 27.9 Å². The summed E-state index contributed by atoms with van der Waals surface area (Å²) in [6.07, 6.45) is 3.75. The Morgan fingerprint density at radius 1 is 1.27 bits per heavy atom. The average Bonchev–Trinajstić information content (AvgIpc) is 2.57. The fraction of sp³-hybridized carbons (Fsp3) is 0.412. The van der Waals surface area contributed by atoms with Crippen molar-refractivity contribution < 1.29 is 9.84 Å². The summed E-state index contributed by atoms with van der Waals surface area (Å²) in [5.41, 5.74) is 3.29. The number of rotatable bonds is 4. The number of benzene rings is 1. The van der Waals surface area contributed by atoms with E-state index in [0.717, 1.165) is 30.0 Å². The Morgan fingerprint density at radius 2 is 2.05 bits per heavy atom. The van der Waals surface area contributed by atoms with Crippen molar-refractivity contribution in [2.75, 3.05) is 26.4 Å². The molecular formula is C17H21N3O2. The number of aryl methyl sites for hydroxylation is 1. The third kappa shape index (κ3) is 3.32. The third-order valence-corrected chi connectivity index (χ3v) is 4.04. The molecule has 1 atom stereocenters. The second-order valence-corrected chi connectivity index (χ2v) is 5.61. The maximum Gasteiger partial charge on any atom is 0.159 e. The second kappa shape index (κ2) is 6.96. The van der Waals surface area contributed by atoms with E-state index in [0.29, 0.717) is 13.2 Å². The lowest BCUT2D eigenvalue weighted by Crippen LogP contribution is -2.46. The lowest BCUT2D eigenvalue weighted by atomic mass is 10.1. The van der Waals surface area contributed by atoms with E-state index in [-0.39, 0.29) is 12.6 Å². The summed E-state index contributed by atoms with van der Waals surface area (Å²) >= 11 is 0. The van der Waals surface area contributed by atoms with Crippen LogP contribution in [-0.2, 0) is 11.3 Å². The topological polar surface area (TPSA) is 58.5 Å². The van der Waals surface area contributed by atoms with Gasteiger partial charge >= 0.3 is 0 Å². The minimum absolute atomic E-state index is 0.0600. The number of ether oxygens (including phenoxy) is 1. The van der Waals surface area contributed by atoms with Gasteiger partial charge < -0.3 is 9.84 Å². The molecule has 3 rings (SSSR count). The molecule has 2 aromatic rings. The van der Waals surface area contributed by atoms with Gasteiger partial charge in [0.25, 0.3) is 0 Å². The predicted molar refractivity (Wildman–Crippen MR) is 84.3 cm³/mol. The van der Waals surface area contributed by atoms with Gasteiger partial charge in [0.15, 0.2) is 5.82 Å². The van der Waals surface area contributed by atoms with E-state index in [1.807, 2.05) is 30.6 Å². The number of morpholine rings is 1. The van der Waals surface area contributed by atoms with Crippen LogP contribution in [0.4, 0.5) is 0 Å². The maximum atomic E-state index is 9.41. The summed E-state index contributed by atoms with van der Waals surface area (Å²) in [5, 5.41) is 9.41. The van der Waals surface area contributed by atoms with Crippen LogP contribution in [0, 0.1) is 6.92 Å². The molecule has 0 bridgehead atoms. The fourth-order valence-electron chi connectivity index (χ4n) is 2.70. The molecule has 1 N–H and O–H groups in total. The fourth-order valence-corrected chi connectivity index (χ4v) is 2.70. The van der Waals surface area contributed by atoms with Crippen LogP contribution in [0.2, 0.25) is 0 Å². The molecule has 1 aromatic heterocycles. The highest BCUT2D eigenvalue weighted by molar-refractivity contribution is 5.59. The van der Waals surface area contributed by atoms with Crippen molar-refractivity contribution in [2.45, 2.75) is 19.5 Å². The van der Waals surface area contributed by atoms with Crippen LogP contribution in [0.15, 0.2) is 36.7 Å². The number of hydrogen-bond acceptors (Lipinski definition) is 5. The molecule has 5 heteroatoms. The highest BCUT2D eigenvalue weighted by Crippen LogP contribution is 2.19. The summed E-state index contributed by atoms with van der Waals surface area (Å²) in [4.78, 5) is 11.2. The van der Waals surface area contributed by atoms with Gasteiger partial charge in [-0.2, -0.15) is 0 Å². The van der Waals surface area contributed by atoms with Crippen LogP contribution in [0.5, 0.6) is 0 Å². The zero-order valence-electron chi connectivity index (χ0n) is 12.8. The molecule has 116 valence electrons. The minimum Gasteiger partial charge on any atom is -0.395 e. The van der Waals surface area contributed by atoms with Crippen molar-refractivity contribution in [3.05, 3.63) is 47.8 Å². The molecule has 0 amide bonds. The number of aliphatic hydroxyl groups excluding tert-OH is 1. The van der Waals surface area contributed by atoms with Crippen molar-refractivity contribution in [1.82, 2.24) is 14.9 Å². The highest BCUT2D eigenvalue weighted by Gasteiger charge is 2.22. The molecule has 2 heterocycles. The summed E-state index contributed by atoms with van der Waals surface area (Å²) in [6.45, 7) is 5.03. The van der Waals surface area contributed by atoms with Crippen LogP contribution in [0.3, 0.4) is 0 Å². The van der Waals surface area contributed by atoms with E-state index in [1.54, 1.807) is 0 Å². The van der Waals surface area contributed by atoms with Crippen molar-refractivity contribution in [3.63, 3.8) is 0 Å². The van der Waals surface area contributed by atoms with Gasteiger partial charge in [0, 0.05) is 36.6 Å². The van der Waals surface area contributed by atoms with Gasteiger partial charge in [-0.15, -0.1) is 0 Å². The van der Waals surface area contributed by atoms with Gasteiger partial charge in [0.05, 0.1) is 25.9 Å². The second-order valence-electron chi connectivity index (χ2n) is 5.61. The van der Waals surface area contributed by atoms with Crippen molar-refractivity contribution in [1.29, 1.82) is 0 Å². The molecule has 0 saturated carbocycles. The van der Waals surface area contributed by atoms with E-state index < -0.39 is 0 Å². The van der Waals surface area contributed by atoms with Crippen molar-refractivity contribution in [2.24, 2.45) is 0 Å². The van der Waals surface area contributed by atoms with Crippen molar-refractivity contribution in [3.8, 4) is 11.4 Å². The quantitative estimate of drug-likeness (QED) is 0.930. The number of aliphatic hydroxyl groups is 1. The first-order valence-corrected chi connectivity index (χ1v) is 7.57.